The highest BCUT2D eigenvalue weighted by Crippen LogP contribution is 2.15. The third kappa shape index (κ3) is 4.31. The number of aryl methyl sites for hydroxylation is 1. The Bertz CT molecular complexity index is 407. The van der Waals surface area contributed by atoms with E-state index in [1.54, 1.807) is 12.1 Å². The SMILES string of the molecule is CCC(CCO)CNC(=O)c1cc(Cl)ccc1C. The first-order valence-corrected chi connectivity index (χ1v) is 6.61. The molecule has 18 heavy (non-hydrogen) atoms. The maximum atomic E-state index is 12.0. The summed E-state index contributed by atoms with van der Waals surface area (Å²) in [6, 6.07) is 5.29. The number of rotatable bonds is 6. The van der Waals surface area contributed by atoms with Crippen molar-refractivity contribution in [1.29, 1.82) is 0 Å². The van der Waals surface area contributed by atoms with Crippen molar-refractivity contribution in [3.8, 4) is 0 Å². The summed E-state index contributed by atoms with van der Waals surface area (Å²) in [6.07, 6.45) is 1.65. The Labute approximate surface area is 113 Å². The fraction of sp³-hybridized carbons (Fsp3) is 0.500. The minimum absolute atomic E-state index is 0.105. The van der Waals surface area contributed by atoms with Gasteiger partial charge in [-0.1, -0.05) is 31.0 Å². The van der Waals surface area contributed by atoms with Crippen LogP contribution in [0.15, 0.2) is 18.2 Å². The summed E-state index contributed by atoms with van der Waals surface area (Å²) in [5.41, 5.74) is 1.52. The molecule has 0 radical (unpaired) electrons. The largest absolute Gasteiger partial charge is 0.396 e. The lowest BCUT2D eigenvalue weighted by atomic mass is 10.0. The van der Waals surface area contributed by atoms with Gasteiger partial charge in [-0.25, -0.2) is 0 Å². The molecular weight excluding hydrogens is 250 g/mol. The monoisotopic (exact) mass is 269 g/mol. The number of halogens is 1. The second-order valence-corrected chi connectivity index (χ2v) is 4.89. The fourth-order valence-corrected chi connectivity index (χ4v) is 1.98. The Morgan fingerprint density at radius 3 is 2.83 bits per heavy atom. The van der Waals surface area contributed by atoms with E-state index in [2.05, 4.69) is 12.2 Å². The lowest BCUT2D eigenvalue weighted by Crippen LogP contribution is -2.30. The molecule has 0 aliphatic carbocycles. The van der Waals surface area contributed by atoms with E-state index < -0.39 is 0 Å². The van der Waals surface area contributed by atoms with Crippen molar-refractivity contribution in [3.05, 3.63) is 34.3 Å². The van der Waals surface area contributed by atoms with Gasteiger partial charge >= 0.3 is 0 Å². The van der Waals surface area contributed by atoms with Crippen molar-refractivity contribution in [3.63, 3.8) is 0 Å². The number of aliphatic hydroxyl groups is 1. The van der Waals surface area contributed by atoms with Crippen LogP contribution in [0.2, 0.25) is 5.02 Å². The number of amides is 1. The standard InChI is InChI=1S/C14H20ClNO2/c1-3-11(6-7-17)9-16-14(18)13-8-12(15)5-4-10(13)2/h4-5,8,11,17H,3,6-7,9H2,1-2H3,(H,16,18). The van der Waals surface area contributed by atoms with Gasteiger partial charge in [-0.3, -0.25) is 4.79 Å². The minimum atomic E-state index is -0.105. The van der Waals surface area contributed by atoms with E-state index in [-0.39, 0.29) is 12.5 Å². The average molecular weight is 270 g/mol. The fourth-order valence-electron chi connectivity index (χ4n) is 1.80. The number of nitrogens with one attached hydrogen (secondary N) is 1. The molecule has 0 fully saturated rings. The van der Waals surface area contributed by atoms with Crippen LogP contribution in [0, 0.1) is 12.8 Å². The first-order chi connectivity index (χ1) is 8.58. The van der Waals surface area contributed by atoms with Crippen LogP contribution in [0.3, 0.4) is 0 Å². The van der Waals surface area contributed by atoms with Crippen molar-refractivity contribution in [1.82, 2.24) is 5.32 Å². The van der Waals surface area contributed by atoms with E-state index in [9.17, 15) is 4.79 Å². The van der Waals surface area contributed by atoms with Crippen LogP contribution in [0.25, 0.3) is 0 Å². The van der Waals surface area contributed by atoms with Gasteiger partial charge in [-0.15, -0.1) is 0 Å². The Morgan fingerprint density at radius 1 is 1.50 bits per heavy atom. The second kappa shape index (κ2) is 7.39. The van der Waals surface area contributed by atoms with Gasteiger partial charge in [0.15, 0.2) is 0 Å². The molecule has 100 valence electrons. The summed E-state index contributed by atoms with van der Waals surface area (Å²) in [4.78, 5) is 12.0. The molecule has 0 aliphatic rings. The molecule has 3 nitrogen and oxygen atoms in total. The molecule has 0 spiro atoms. The van der Waals surface area contributed by atoms with Crippen LogP contribution < -0.4 is 5.32 Å². The minimum Gasteiger partial charge on any atom is -0.396 e. The zero-order valence-electron chi connectivity index (χ0n) is 10.9. The predicted molar refractivity (Wildman–Crippen MR) is 74.0 cm³/mol. The van der Waals surface area contributed by atoms with Gasteiger partial charge in [0.05, 0.1) is 0 Å². The van der Waals surface area contributed by atoms with Crippen molar-refractivity contribution in [2.45, 2.75) is 26.7 Å². The predicted octanol–water partition coefficient (Wildman–Crippen LogP) is 2.79. The maximum Gasteiger partial charge on any atom is 0.251 e. The molecule has 4 heteroatoms. The van der Waals surface area contributed by atoms with Gasteiger partial charge in [-0.2, -0.15) is 0 Å². The van der Waals surface area contributed by atoms with Crippen LogP contribution in [-0.4, -0.2) is 24.2 Å². The number of carbonyl (C=O) groups is 1. The number of hydrogen-bond donors (Lipinski definition) is 2. The normalized spacial score (nSPS) is 12.2. The molecule has 1 amide bonds. The summed E-state index contributed by atoms with van der Waals surface area (Å²) in [5, 5.41) is 12.4. The van der Waals surface area contributed by atoms with Gasteiger partial charge in [0, 0.05) is 23.7 Å². The summed E-state index contributed by atoms with van der Waals surface area (Å²) < 4.78 is 0. The van der Waals surface area contributed by atoms with Gasteiger partial charge in [-0.05, 0) is 37.0 Å². The summed E-state index contributed by atoms with van der Waals surface area (Å²) in [5.74, 6) is 0.213. The van der Waals surface area contributed by atoms with Crippen LogP contribution in [0.5, 0.6) is 0 Å². The molecule has 0 saturated heterocycles. The van der Waals surface area contributed by atoms with Crippen LogP contribution in [0.4, 0.5) is 0 Å². The second-order valence-electron chi connectivity index (χ2n) is 4.46. The first kappa shape index (κ1) is 15.0. The van der Waals surface area contributed by atoms with Gasteiger partial charge in [0.1, 0.15) is 0 Å². The zero-order valence-corrected chi connectivity index (χ0v) is 11.6. The molecule has 0 heterocycles. The quantitative estimate of drug-likeness (QED) is 0.834. The molecule has 0 bridgehead atoms. The number of aliphatic hydroxyl groups excluding tert-OH is 1. The van der Waals surface area contributed by atoms with Gasteiger partial charge in [0.25, 0.3) is 5.91 Å². The molecule has 0 saturated carbocycles. The lowest BCUT2D eigenvalue weighted by molar-refractivity contribution is 0.0943. The van der Waals surface area contributed by atoms with E-state index in [0.29, 0.717) is 29.5 Å². The molecule has 0 aromatic heterocycles. The Kier molecular flexibility index (Phi) is 6.16. The average Bonchev–Trinajstić information content (AvgIpc) is 2.37. The maximum absolute atomic E-state index is 12.0. The third-order valence-electron chi connectivity index (χ3n) is 3.11. The van der Waals surface area contributed by atoms with Gasteiger partial charge in [0.2, 0.25) is 0 Å². The van der Waals surface area contributed by atoms with E-state index in [0.717, 1.165) is 12.0 Å². The van der Waals surface area contributed by atoms with Crippen LogP contribution in [0.1, 0.15) is 35.7 Å². The van der Waals surface area contributed by atoms with Crippen LogP contribution in [-0.2, 0) is 0 Å². The molecule has 1 aromatic rings. The van der Waals surface area contributed by atoms with E-state index >= 15 is 0 Å². The molecule has 0 aliphatic heterocycles. The lowest BCUT2D eigenvalue weighted by Gasteiger charge is -2.15. The molecule has 1 unspecified atom stereocenters. The third-order valence-corrected chi connectivity index (χ3v) is 3.35. The highest BCUT2D eigenvalue weighted by atomic mass is 35.5. The Hall–Kier alpha value is -1.06. The van der Waals surface area contributed by atoms with Gasteiger partial charge < -0.3 is 10.4 Å². The number of hydrogen-bond acceptors (Lipinski definition) is 2. The summed E-state index contributed by atoms with van der Waals surface area (Å²) in [7, 11) is 0. The van der Waals surface area contributed by atoms with Crippen molar-refractivity contribution in [2.75, 3.05) is 13.2 Å². The number of benzene rings is 1. The van der Waals surface area contributed by atoms with Crippen LogP contribution >= 0.6 is 11.6 Å². The molecule has 1 aromatic carbocycles. The first-order valence-electron chi connectivity index (χ1n) is 6.23. The Morgan fingerprint density at radius 2 is 2.22 bits per heavy atom. The van der Waals surface area contributed by atoms with E-state index in [4.69, 9.17) is 16.7 Å². The number of carbonyl (C=O) groups excluding carboxylic acids is 1. The van der Waals surface area contributed by atoms with Crippen molar-refractivity contribution < 1.29 is 9.90 Å². The van der Waals surface area contributed by atoms with Crippen molar-refractivity contribution in [2.24, 2.45) is 5.92 Å². The molecule has 1 atom stereocenters. The highest BCUT2D eigenvalue weighted by Gasteiger charge is 2.12. The van der Waals surface area contributed by atoms with E-state index in [1.807, 2.05) is 13.0 Å². The molecule has 2 N–H and O–H groups in total. The smallest absolute Gasteiger partial charge is 0.251 e. The summed E-state index contributed by atoms with van der Waals surface area (Å²) >= 11 is 5.89. The topological polar surface area (TPSA) is 49.3 Å². The zero-order chi connectivity index (χ0) is 13.5. The van der Waals surface area contributed by atoms with Crippen molar-refractivity contribution >= 4 is 17.5 Å². The highest BCUT2D eigenvalue weighted by molar-refractivity contribution is 6.31. The van der Waals surface area contributed by atoms with E-state index in [1.165, 1.54) is 0 Å². The molecular formula is C14H20ClNO2. The molecule has 1 rings (SSSR count). The Balaban J connectivity index is 2.62. The summed E-state index contributed by atoms with van der Waals surface area (Å²) in [6.45, 7) is 4.68.